The summed E-state index contributed by atoms with van der Waals surface area (Å²) in [5.41, 5.74) is 0.773. The van der Waals surface area contributed by atoms with Gasteiger partial charge in [-0.25, -0.2) is 0 Å². The number of likely N-dealkylation sites (tertiary alicyclic amines) is 1. The predicted molar refractivity (Wildman–Crippen MR) is 99.4 cm³/mol. The van der Waals surface area contributed by atoms with Crippen molar-refractivity contribution in [2.24, 2.45) is 0 Å². The standard InChI is InChI=1S/C9H15NO2.C7H6Cl2O.C2H6/c1-3-9(12)10-6-4-5-8(10)7(2)11;8-6-2-1-5(4-10)3-7(6)9;1-2/h8H,3-6H2,1-2H3;1-3,10H,4H2;1-2H3. The third-order valence-corrected chi connectivity index (χ3v) is 4.25. The van der Waals surface area contributed by atoms with Crippen molar-refractivity contribution >= 4 is 34.9 Å². The molecular weight excluding hydrogens is 349 g/mol. The van der Waals surface area contributed by atoms with Gasteiger partial charge in [-0.2, -0.15) is 0 Å². The molecule has 1 aromatic rings. The minimum Gasteiger partial charge on any atom is -0.392 e. The highest BCUT2D eigenvalue weighted by Gasteiger charge is 2.30. The van der Waals surface area contributed by atoms with E-state index < -0.39 is 0 Å². The lowest BCUT2D eigenvalue weighted by atomic mass is 10.1. The largest absolute Gasteiger partial charge is 0.392 e. The summed E-state index contributed by atoms with van der Waals surface area (Å²) in [6, 6.07) is 4.91. The third kappa shape index (κ3) is 7.20. The molecule has 1 amide bonds. The van der Waals surface area contributed by atoms with Crippen molar-refractivity contribution in [3.63, 3.8) is 0 Å². The van der Waals surface area contributed by atoms with E-state index in [1.807, 2.05) is 20.8 Å². The lowest BCUT2D eigenvalue weighted by Crippen LogP contribution is -2.39. The van der Waals surface area contributed by atoms with Gasteiger partial charge in [-0.1, -0.05) is 50.0 Å². The van der Waals surface area contributed by atoms with Gasteiger partial charge in [0.05, 0.1) is 22.7 Å². The van der Waals surface area contributed by atoms with Gasteiger partial charge in [-0.3, -0.25) is 9.59 Å². The first kappa shape index (κ1) is 22.9. The monoisotopic (exact) mass is 375 g/mol. The molecule has 2 rings (SSSR count). The lowest BCUT2D eigenvalue weighted by molar-refractivity contribution is -0.136. The van der Waals surface area contributed by atoms with Crippen LogP contribution in [0, 0.1) is 0 Å². The zero-order chi connectivity index (χ0) is 18.7. The van der Waals surface area contributed by atoms with Crippen molar-refractivity contribution < 1.29 is 14.7 Å². The number of Topliss-reactive ketones (excluding diaryl/α,β-unsaturated/α-hetero) is 1. The van der Waals surface area contributed by atoms with Gasteiger partial charge < -0.3 is 10.0 Å². The van der Waals surface area contributed by atoms with Gasteiger partial charge in [-0.05, 0) is 37.5 Å². The number of aliphatic hydroxyl groups excluding tert-OH is 1. The Kier molecular flexibility index (Phi) is 11.7. The molecule has 24 heavy (non-hydrogen) atoms. The molecule has 1 fully saturated rings. The van der Waals surface area contributed by atoms with Gasteiger partial charge in [0, 0.05) is 13.0 Å². The average Bonchev–Trinajstić information content (AvgIpc) is 3.09. The number of carbonyl (C=O) groups is 2. The summed E-state index contributed by atoms with van der Waals surface area (Å²) in [4.78, 5) is 24.1. The van der Waals surface area contributed by atoms with Gasteiger partial charge in [-0.15, -0.1) is 0 Å². The number of aliphatic hydroxyl groups is 1. The summed E-state index contributed by atoms with van der Waals surface area (Å²) in [6.07, 6.45) is 2.32. The molecule has 1 atom stereocenters. The number of hydrogen-bond donors (Lipinski definition) is 1. The molecular formula is C18H27Cl2NO3. The SMILES string of the molecule is CC.CCC(=O)N1CCCC1C(C)=O.OCc1ccc(Cl)c(Cl)c1. The molecule has 1 aromatic carbocycles. The Bertz CT molecular complexity index is 535. The molecule has 1 aliphatic rings. The van der Waals surface area contributed by atoms with Crippen LogP contribution >= 0.6 is 23.2 Å². The van der Waals surface area contributed by atoms with Crippen molar-refractivity contribution in [3.05, 3.63) is 33.8 Å². The van der Waals surface area contributed by atoms with Crippen LogP contribution in [0.3, 0.4) is 0 Å². The highest BCUT2D eigenvalue weighted by atomic mass is 35.5. The molecule has 1 heterocycles. The average molecular weight is 376 g/mol. The van der Waals surface area contributed by atoms with Crippen LogP contribution in [0.15, 0.2) is 18.2 Å². The van der Waals surface area contributed by atoms with Gasteiger partial charge >= 0.3 is 0 Å². The zero-order valence-corrected chi connectivity index (χ0v) is 16.3. The van der Waals surface area contributed by atoms with Gasteiger partial charge in [0.1, 0.15) is 0 Å². The molecule has 4 nitrogen and oxygen atoms in total. The number of amides is 1. The number of rotatable bonds is 3. The first-order valence-electron chi connectivity index (χ1n) is 8.25. The number of ketones is 1. The quantitative estimate of drug-likeness (QED) is 0.846. The summed E-state index contributed by atoms with van der Waals surface area (Å²) in [5, 5.41) is 9.64. The molecule has 0 bridgehead atoms. The zero-order valence-electron chi connectivity index (χ0n) is 14.8. The predicted octanol–water partition coefficient (Wildman–Crippen LogP) is 4.49. The van der Waals surface area contributed by atoms with E-state index in [9.17, 15) is 9.59 Å². The number of hydrogen-bond acceptors (Lipinski definition) is 3. The Hall–Kier alpha value is -1.10. The van der Waals surface area contributed by atoms with Crippen molar-refractivity contribution in [1.82, 2.24) is 4.90 Å². The van der Waals surface area contributed by atoms with Crippen molar-refractivity contribution in [2.45, 2.75) is 59.6 Å². The number of carbonyl (C=O) groups excluding carboxylic acids is 2. The molecule has 0 radical (unpaired) electrons. The van der Waals surface area contributed by atoms with Gasteiger partial charge in [0.2, 0.25) is 5.91 Å². The second kappa shape index (κ2) is 12.3. The van der Waals surface area contributed by atoms with Crippen LogP contribution in [0.25, 0.3) is 0 Å². The molecule has 6 heteroatoms. The molecule has 1 unspecified atom stereocenters. The van der Waals surface area contributed by atoms with Crippen LogP contribution in [0.4, 0.5) is 0 Å². The number of nitrogens with zero attached hydrogens (tertiary/aromatic N) is 1. The second-order valence-corrected chi connectivity index (χ2v) is 5.93. The van der Waals surface area contributed by atoms with E-state index in [1.54, 1.807) is 30.0 Å². The van der Waals surface area contributed by atoms with Crippen LogP contribution in [0.5, 0.6) is 0 Å². The fourth-order valence-electron chi connectivity index (χ4n) is 2.33. The van der Waals surface area contributed by atoms with Crippen LogP contribution in [-0.4, -0.2) is 34.3 Å². The third-order valence-electron chi connectivity index (χ3n) is 3.51. The van der Waals surface area contributed by atoms with Crippen LogP contribution in [-0.2, 0) is 16.2 Å². The Morgan fingerprint density at radius 2 is 1.88 bits per heavy atom. The smallest absolute Gasteiger partial charge is 0.222 e. The normalized spacial score (nSPS) is 15.8. The summed E-state index contributed by atoms with van der Waals surface area (Å²) >= 11 is 11.3. The van der Waals surface area contributed by atoms with Crippen LogP contribution in [0.1, 0.15) is 52.5 Å². The minimum atomic E-state index is -0.127. The fourth-order valence-corrected chi connectivity index (χ4v) is 2.65. The van der Waals surface area contributed by atoms with Crippen molar-refractivity contribution in [3.8, 4) is 0 Å². The van der Waals surface area contributed by atoms with Crippen LogP contribution in [0.2, 0.25) is 10.0 Å². The molecule has 136 valence electrons. The molecule has 1 aliphatic heterocycles. The van der Waals surface area contributed by atoms with E-state index in [1.165, 1.54) is 0 Å². The first-order chi connectivity index (χ1) is 11.4. The Morgan fingerprint density at radius 3 is 2.33 bits per heavy atom. The van der Waals surface area contributed by atoms with Crippen molar-refractivity contribution in [2.75, 3.05) is 6.54 Å². The number of benzene rings is 1. The lowest BCUT2D eigenvalue weighted by Gasteiger charge is -2.21. The van der Waals surface area contributed by atoms with E-state index in [2.05, 4.69) is 0 Å². The maximum Gasteiger partial charge on any atom is 0.222 e. The maximum atomic E-state index is 11.3. The molecule has 0 aromatic heterocycles. The van der Waals surface area contributed by atoms with Crippen molar-refractivity contribution in [1.29, 1.82) is 0 Å². The van der Waals surface area contributed by atoms with E-state index in [4.69, 9.17) is 28.3 Å². The highest BCUT2D eigenvalue weighted by Crippen LogP contribution is 2.22. The first-order valence-corrected chi connectivity index (χ1v) is 9.01. The molecule has 0 aliphatic carbocycles. The van der Waals surface area contributed by atoms with Gasteiger partial charge in [0.15, 0.2) is 5.78 Å². The Labute approximate surface area is 154 Å². The maximum absolute atomic E-state index is 11.3. The van der Waals surface area contributed by atoms with E-state index in [-0.39, 0.29) is 24.3 Å². The summed E-state index contributed by atoms with van der Waals surface area (Å²) in [7, 11) is 0. The van der Waals surface area contributed by atoms with Gasteiger partial charge in [0.25, 0.3) is 0 Å². The molecule has 1 saturated heterocycles. The van der Waals surface area contributed by atoms with E-state index in [0.29, 0.717) is 16.5 Å². The van der Waals surface area contributed by atoms with Crippen LogP contribution < -0.4 is 0 Å². The second-order valence-electron chi connectivity index (χ2n) is 5.12. The Balaban J connectivity index is 0.000000405. The molecule has 0 spiro atoms. The number of halogens is 2. The Morgan fingerprint density at radius 1 is 1.25 bits per heavy atom. The molecule has 1 N–H and O–H groups in total. The summed E-state index contributed by atoms with van der Waals surface area (Å²) in [5.74, 6) is 0.224. The van der Waals surface area contributed by atoms with E-state index >= 15 is 0 Å². The summed E-state index contributed by atoms with van der Waals surface area (Å²) in [6.45, 7) is 8.15. The fraction of sp³-hybridized carbons (Fsp3) is 0.556. The topological polar surface area (TPSA) is 57.6 Å². The summed E-state index contributed by atoms with van der Waals surface area (Å²) < 4.78 is 0. The molecule has 0 saturated carbocycles. The van der Waals surface area contributed by atoms with E-state index in [0.717, 1.165) is 24.9 Å². The minimum absolute atomic E-state index is 0.00309. The highest BCUT2D eigenvalue weighted by molar-refractivity contribution is 6.42.